The molecule has 0 N–H and O–H groups in total. The Kier molecular flexibility index (Phi) is 8.67. The lowest BCUT2D eigenvalue weighted by molar-refractivity contribution is -0.132. The van der Waals surface area contributed by atoms with E-state index in [0.717, 1.165) is 43.6 Å². The van der Waals surface area contributed by atoms with Gasteiger partial charge in [-0.3, -0.25) is 9.69 Å². The molecule has 0 saturated carbocycles. The molecule has 0 radical (unpaired) electrons. The number of likely N-dealkylation sites (tertiary alicyclic amines) is 1. The minimum absolute atomic E-state index is 0.0777. The van der Waals surface area contributed by atoms with Gasteiger partial charge in [0, 0.05) is 37.3 Å². The first-order valence-electron chi connectivity index (χ1n) is 10.5. The average molecular weight is 433 g/mol. The maximum absolute atomic E-state index is 13.9. The number of rotatable bonds is 9. The maximum Gasteiger partial charge on any atom is 0.227 e. The van der Waals surface area contributed by atoms with E-state index in [1.54, 1.807) is 13.2 Å². The Morgan fingerprint density at radius 3 is 2.47 bits per heavy atom. The smallest absolute Gasteiger partial charge is 0.227 e. The molecular weight excluding hydrogens is 403 g/mol. The molecule has 0 bridgehead atoms. The standard InChI is InChI=1S/C24H30ClFN2O2/c1-30-15-14-28(24(29)16-20-6-2-4-8-22(20)25)17-19-10-12-27(13-11-19)18-21-7-3-5-9-23(21)26/h2-9,19H,10-18H2,1H3. The molecule has 30 heavy (non-hydrogen) atoms. The maximum atomic E-state index is 13.9. The van der Waals surface area contributed by atoms with Crippen LogP contribution in [0, 0.1) is 11.7 Å². The topological polar surface area (TPSA) is 32.8 Å². The van der Waals surface area contributed by atoms with Crippen LogP contribution in [0.1, 0.15) is 24.0 Å². The fourth-order valence-electron chi connectivity index (χ4n) is 3.94. The fraction of sp³-hybridized carbons (Fsp3) is 0.458. The summed E-state index contributed by atoms with van der Waals surface area (Å²) in [6.45, 7) is 4.28. The summed E-state index contributed by atoms with van der Waals surface area (Å²) in [6.07, 6.45) is 2.30. The molecule has 0 spiro atoms. The molecule has 2 aromatic rings. The zero-order chi connectivity index (χ0) is 21.3. The lowest BCUT2D eigenvalue weighted by Crippen LogP contribution is -2.42. The van der Waals surface area contributed by atoms with Gasteiger partial charge < -0.3 is 9.64 Å². The monoisotopic (exact) mass is 432 g/mol. The van der Waals surface area contributed by atoms with Crippen LogP contribution in [0.15, 0.2) is 48.5 Å². The van der Waals surface area contributed by atoms with Gasteiger partial charge in [0.05, 0.1) is 13.0 Å². The Balaban J connectivity index is 1.53. The van der Waals surface area contributed by atoms with E-state index < -0.39 is 0 Å². The summed E-state index contributed by atoms with van der Waals surface area (Å²) < 4.78 is 19.1. The summed E-state index contributed by atoms with van der Waals surface area (Å²) in [5, 5.41) is 0.624. The van der Waals surface area contributed by atoms with Gasteiger partial charge in [0.25, 0.3) is 0 Å². The largest absolute Gasteiger partial charge is 0.383 e. The van der Waals surface area contributed by atoms with E-state index in [9.17, 15) is 9.18 Å². The number of ether oxygens (including phenoxy) is 1. The van der Waals surface area contributed by atoms with E-state index in [2.05, 4.69) is 4.90 Å². The molecule has 3 rings (SSSR count). The van der Waals surface area contributed by atoms with Gasteiger partial charge in [-0.1, -0.05) is 48.0 Å². The number of piperidine rings is 1. The number of carbonyl (C=O) groups excluding carboxylic acids is 1. The third-order valence-corrected chi connectivity index (χ3v) is 6.12. The first-order valence-corrected chi connectivity index (χ1v) is 10.9. The van der Waals surface area contributed by atoms with E-state index in [-0.39, 0.29) is 11.7 Å². The SMILES string of the molecule is COCCN(CC1CCN(Cc2ccccc2F)CC1)C(=O)Cc1ccccc1Cl. The molecule has 1 amide bonds. The van der Waals surface area contributed by atoms with Gasteiger partial charge >= 0.3 is 0 Å². The van der Waals surface area contributed by atoms with Gasteiger partial charge in [-0.25, -0.2) is 4.39 Å². The molecule has 0 atom stereocenters. The van der Waals surface area contributed by atoms with Gasteiger partial charge in [0.1, 0.15) is 5.82 Å². The highest BCUT2D eigenvalue weighted by Crippen LogP contribution is 2.22. The highest BCUT2D eigenvalue weighted by Gasteiger charge is 2.24. The summed E-state index contributed by atoms with van der Waals surface area (Å²) in [5.41, 5.74) is 1.60. The molecule has 6 heteroatoms. The number of halogens is 2. The third kappa shape index (κ3) is 6.53. The summed E-state index contributed by atoms with van der Waals surface area (Å²) in [4.78, 5) is 17.1. The predicted molar refractivity (Wildman–Crippen MR) is 118 cm³/mol. The minimum Gasteiger partial charge on any atom is -0.383 e. The molecule has 1 heterocycles. The van der Waals surface area contributed by atoms with Crippen molar-refractivity contribution in [2.75, 3.05) is 39.9 Å². The van der Waals surface area contributed by atoms with Crippen LogP contribution in [-0.4, -0.2) is 55.6 Å². The second-order valence-corrected chi connectivity index (χ2v) is 8.32. The Morgan fingerprint density at radius 2 is 1.80 bits per heavy atom. The molecule has 0 aliphatic carbocycles. The molecule has 0 unspecified atom stereocenters. The highest BCUT2D eigenvalue weighted by atomic mass is 35.5. The Hall–Kier alpha value is -1.95. The van der Waals surface area contributed by atoms with E-state index in [1.807, 2.05) is 41.3 Å². The van der Waals surface area contributed by atoms with Crippen molar-refractivity contribution < 1.29 is 13.9 Å². The number of amides is 1. The highest BCUT2D eigenvalue weighted by molar-refractivity contribution is 6.31. The number of methoxy groups -OCH3 is 1. The van der Waals surface area contributed by atoms with E-state index in [1.165, 1.54) is 6.07 Å². The first-order chi connectivity index (χ1) is 14.6. The second kappa shape index (κ2) is 11.4. The van der Waals surface area contributed by atoms with Crippen molar-refractivity contribution in [2.24, 2.45) is 5.92 Å². The number of hydrogen-bond donors (Lipinski definition) is 0. The van der Waals surface area contributed by atoms with Crippen molar-refractivity contribution in [3.8, 4) is 0 Å². The van der Waals surface area contributed by atoms with Crippen LogP contribution >= 0.6 is 11.6 Å². The summed E-state index contributed by atoms with van der Waals surface area (Å²) in [6, 6.07) is 14.4. The Bertz CT molecular complexity index is 824. The third-order valence-electron chi connectivity index (χ3n) is 5.76. The summed E-state index contributed by atoms with van der Waals surface area (Å²) >= 11 is 6.24. The van der Waals surface area contributed by atoms with Crippen molar-refractivity contribution in [3.63, 3.8) is 0 Å². The number of hydrogen-bond acceptors (Lipinski definition) is 3. The molecular formula is C24H30ClFN2O2. The van der Waals surface area contributed by atoms with E-state index in [4.69, 9.17) is 16.3 Å². The molecule has 1 aliphatic rings. The number of carbonyl (C=O) groups is 1. The van der Waals surface area contributed by atoms with Crippen LogP contribution in [0.2, 0.25) is 5.02 Å². The summed E-state index contributed by atoms with van der Waals surface area (Å²) in [5.74, 6) is 0.374. The van der Waals surface area contributed by atoms with Crippen LogP contribution in [0.5, 0.6) is 0 Å². The van der Waals surface area contributed by atoms with Crippen LogP contribution in [-0.2, 0) is 22.5 Å². The normalized spacial score (nSPS) is 15.3. The molecule has 162 valence electrons. The van der Waals surface area contributed by atoms with E-state index >= 15 is 0 Å². The van der Waals surface area contributed by atoms with Crippen molar-refractivity contribution >= 4 is 17.5 Å². The van der Waals surface area contributed by atoms with Crippen molar-refractivity contribution in [3.05, 3.63) is 70.5 Å². The second-order valence-electron chi connectivity index (χ2n) is 7.91. The molecule has 1 aliphatic heterocycles. The van der Waals surface area contributed by atoms with Crippen molar-refractivity contribution in [2.45, 2.75) is 25.8 Å². The average Bonchev–Trinajstić information content (AvgIpc) is 2.75. The lowest BCUT2D eigenvalue weighted by atomic mass is 9.95. The van der Waals surface area contributed by atoms with Crippen LogP contribution in [0.25, 0.3) is 0 Å². The van der Waals surface area contributed by atoms with Crippen molar-refractivity contribution in [1.82, 2.24) is 9.80 Å². The summed E-state index contributed by atoms with van der Waals surface area (Å²) in [7, 11) is 1.65. The number of benzene rings is 2. The Morgan fingerprint density at radius 1 is 1.13 bits per heavy atom. The van der Waals surface area contributed by atoms with Crippen molar-refractivity contribution in [1.29, 1.82) is 0 Å². The van der Waals surface area contributed by atoms with Gasteiger partial charge in [-0.05, 0) is 49.5 Å². The van der Waals surface area contributed by atoms with Crippen LogP contribution < -0.4 is 0 Å². The molecule has 0 aromatic heterocycles. The number of nitrogens with zero attached hydrogens (tertiary/aromatic N) is 2. The fourth-order valence-corrected chi connectivity index (χ4v) is 4.14. The van der Waals surface area contributed by atoms with Crippen LogP contribution in [0.4, 0.5) is 4.39 Å². The Labute approximate surface area is 183 Å². The molecule has 4 nitrogen and oxygen atoms in total. The zero-order valence-electron chi connectivity index (χ0n) is 17.5. The zero-order valence-corrected chi connectivity index (χ0v) is 18.3. The molecule has 1 saturated heterocycles. The van der Waals surface area contributed by atoms with Gasteiger partial charge in [-0.15, -0.1) is 0 Å². The predicted octanol–water partition coefficient (Wildman–Crippen LogP) is 4.41. The quantitative estimate of drug-likeness (QED) is 0.588. The first kappa shape index (κ1) is 22.7. The van der Waals surface area contributed by atoms with Gasteiger partial charge in [0.15, 0.2) is 0 Å². The molecule has 1 fully saturated rings. The van der Waals surface area contributed by atoms with Gasteiger partial charge in [-0.2, -0.15) is 0 Å². The van der Waals surface area contributed by atoms with E-state index in [0.29, 0.717) is 37.1 Å². The van der Waals surface area contributed by atoms with Crippen LogP contribution in [0.3, 0.4) is 0 Å². The molecule has 2 aromatic carbocycles. The van der Waals surface area contributed by atoms with Gasteiger partial charge in [0.2, 0.25) is 5.91 Å². The minimum atomic E-state index is -0.143. The lowest BCUT2D eigenvalue weighted by Gasteiger charge is -2.35.